The van der Waals surface area contributed by atoms with Gasteiger partial charge in [-0.1, -0.05) is 0 Å². The highest BCUT2D eigenvalue weighted by molar-refractivity contribution is 7.89. The quantitative estimate of drug-likeness (QED) is 0.309. The van der Waals surface area contributed by atoms with E-state index in [0.717, 1.165) is 0 Å². The van der Waals surface area contributed by atoms with E-state index >= 15 is 0 Å². The van der Waals surface area contributed by atoms with Gasteiger partial charge >= 0.3 is 21.3 Å². The lowest BCUT2D eigenvalue weighted by atomic mass is 10.9. The third kappa shape index (κ3) is 1.80. The minimum atomic E-state index is -4.01. The molecule has 3 N–H and O–H groups in total. The molecule has 0 fully saturated rings. The Labute approximate surface area is 66.6 Å². The molecule has 0 bridgehead atoms. The van der Waals surface area contributed by atoms with Gasteiger partial charge in [-0.15, -0.1) is 4.40 Å². The monoisotopic (exact) mass is 191 g/mol. The number of guanidine groups is 1. The molecule has 2 amide bonds. The molecule has 0 atom stereocenters. The van der Waals surface area contributed by atoms with Crippen LogP contribution < -0.4 is 15.5 Å². The van der Waals surface area contributed by atoms with Gasteiger partial charge in [-0.25, -0.2) is 9.52 Å². The zero-order valence-corrected chi connectivity index (χ0v) is 6.29. The maximum absolute atomic E-state index is 10.6. The van der Waals surface area contributed by atoms with Crippen LogP contribution in [0.1, 0.15) is 0 Å². The highest BCUT2D eigenvalue weighted by Gasteiger charge is 2.24. The number of carbonyl (C=O) groups excluding carboxylic acids is 1. The van der Waals surface area contributed by atoms with Crippen LogP contribution in [0.3, 0.4) is 0 Å². The summed E-state index contributed by atoms with van der Waals surface area (Å²) in [6.45, 7) is 0. The zero-order valence-electron chi connectivity index (χ0n) is 5.47. The Morgan fingerprint density at radius 3 is 2.75 bits per heavy atom. The van der Waals surface area contributed by atoms with Crippen molar-refractivity contribution >= 4 is 22.2 Å². The molecule has 0 aliphatic carbocycles. The van der Waals surface area contributed by atoms with Gasteiger partial charge in [0.1, 0.15) is 0 Å². The molecule has 64 valence electrons. The van der Waals surface area contributed by atoms with Crippen LogP contribution in [-0.4, -0.2) is 20.4 Å². The summed E-state index contributed by atoms with van der Waals surface area (Å²) in [5.74, 6) is -0.471. The fourth-order valence-corrected chi connectivity index (χ4v) is 1.17. The van der Waals surface area contributed by atoms with E-state index in [1.807, 2.05) is 5.32 Å². The van der Waals surface area contributed by atoms with E-state index in [1.165, 1.54) is 4.72 Å². The van der Waals surface area contributed by atoms with Crippen molar-refractivity contribution in [2.24, 2.45) is 4.40 Å². The minimum Gasteiger partial charge on any atom is -0.271 e. The molecule has 0 aromatic carbocycles. The zero-order chi connectivity index (χ0) is 9.19. The predicted molar refractivity (Wildman–Crippen MR) is 36.2 cm³/mol. The molecule has 0 saturated carbocycles. The first kappa shape index (κ1) is 8.21. The smallest absolute Gasteiger partial charge is 0.271 e. The number of hydrogen-bond acceptors (Lipinski definition) is 5. The molecule has 10 heteroatoms. The van der Waals surface area contributed by atoms with Crippen LogP contribution in [0.2, 0.25) is 0 Å². The fourth-order valence-electron chi connectivity index (χ4n) is 0.512. The first-order chi connectivity index (χ1) is 5.53. The van der Waals surface area contributed by atoms with Gasteiger partial charge in [0.05, 0.1) is 0 Å². The Bertz CT molecular complexity index is 374. The minimum absolute atomic E-state index is 0.471. The molecule has 0 saturated heterocycles. The summed E-state index contributed by atoms with van der Waals surface area (Å²) in [6.07, 6.45) is 0. The molecule has 1 rings (SSSR count). The van der Waals surface area contributed by atoms with Crippen LogP contribution in [0.25, 0.3) is 5.08 Å². The van der Waals surface area contributed by atoms with Crippen LogP contribution in [0.15, 0.2) is 4.40 Å². The molecule has 0 unspecified atom stereocenters. The highest BCUT2D eigenvalue weighted by Crippen LogP contribution is 1.91. The third-order valence-corrected chi connectivity index (χ3v) is 1.69. The summed E-state index contributed by atoms with van der Waals surface area (Å²) in [5.41, 5.74) is 1.75. The average molecular weight is 191 g/mol. The molecular weight excluding hydrogens is 188 g/mol. The molecule has 0 spiro atoms. The first-order valence-corrected chi connectivity index (χ1v) is 4.01. The van der Waals surface area contributed by atoms with Crippen molar-refractivity contribution in [2.75, 3.05) is 0 Å². The maximum Gasteiger partial charge on any atom is 0.349 e. The number of carbonyl (C=O) groups is 1. The number of amides is 2. The Hall–Kier alpha value is -1.89. The average Bonchev–Trinajstić information content (AvgIpc) is 1.82. The largest absolute Gasteiger partial charge is 0.349 e. The van der Waals surface area contributed by atoms with Gasteiger partial charge in [-0.2, -0.15) is 8.42 Å². The molecule has 1 aliphatic rings. The summed E-state index contributed by atoms with van der Waals surface area (Å²) in [6, 6.07) is -0.976. The predicted octanol–water partition coefficient (Wildman–Crippen LogP) is -1.74. The summed E-state index contributed by atoms with van der Waals surface area (Å²) in [5, 5.41) is 12.2. The van der Waals surface area contributed by atoms with Gasteiger partial charge in [0.25, 0.3) is 11.4 Å². The van der Waals surface area contributed by atoms with Crippen molar-refractivity contribution in [3.05, 3.63) is 5.08 Å². The van der Waals surface area contributed by atoms with Gasteiger partial charge in [0.2, 0.25) is 0 Å². The standard InChI is InChI=1S/C2H2N6O3S/c3-8-5-1-4-2(9)7-12(10,11)6-1/h(H2-,4,5,6,7,9)/p+1. The van der Waals surface area contributed by atoms with Crippen LogP contribution in [0.5, 0.6) is 0 Å². The van der Waals surface area contributed by atoms with Crippen molar-refractivity contribution in [3.8, 4) is 0 Å². The highest BCUT2D eigenvalue weighted by atomic mass is 32.2. The Morgan fingerprint density at radius 2 is 2.25 bits per heavy atom. The first-order valence-electron chi connectivity index (χ1n) is 2.57. The number of nitrogens with one attached hydrogen (secondary N) is 3. The number of rotatable bonds is 0. The van der Waals surface area contributed by atoms with Crippen molar-refractivity contribution in [3.63, 3.8) is 0 Å². The second-order valence-corrected chi connectivity index (χ2v) is 3.02. The second-order valence-electron chi connectivity index (χ2n) is 1.68. The van der Waals surface area contributed by atoms with Gasteiger partial charge < -0.3 is 0 Å². The van der Waals surface area contributed by atoms with Gasteiger partial charge in [-0.05, 0) is 0 Å². The number of hydrogen-bond donors (Lipinski definition) is 3. The van der Waals surface area contributed by atoms with E-state index in [9.17, 15) is 13.2 Å². The van der Waals surface area contributed by atoms with E-state index in [0.29, 0.717) is 0 Å². The van der Waals surface area contributed by atoms with Crippen LogP contribution in [0.4, 0.5) is 4.79 Å². The lowest BCUT2D eigenvalue weighted by molar-refractivity contribution is 0.249. The summed E-state index contributed by atoms with van der Waals surface area (Å²) in [7, 11) is -4.01. The number of diazo groups is 1. The fraction of sp³-hybridized carbons (Fsp3) is 0. The normalized spacial score (nSPS) is 19.6. The van der Waals surface area contributed by atoms with Crippen molar-refractivity contribution < 1.29 is 13.2 Å². The summed E-state index contributed by atoms with van der Waals surface area (Å²) < 4.78 is 25.7. The number of nitrogens with zero attached hydrogens (tertiary/aromatic N) is 3. The van der Waals surface area contributed by atoms with Crippen molar-refractivity contribution in [1.82, 2.24) is 15.5 Å². The Morgan fingerprint density at radius 1 is 1.58 bits per heavy atom. The van der Waals surface area contributed by atoms with Gasteiger partial charge in [0, 0.05) is 5.43 Å². The van der Waals surface area contributed by atoms with E-state index < -0.39 is 22.2 Å². The lowest BCUT2D eigenvalue weighted by Gasteiger charge is -2.08. The Balaban J connectivity index is 2.98. The number of urea groups is 1. The molecule has 12 heavy (non-hydrogen) atoms. The molecule has 9 nitrogen and oxygen atoms in total. The Kier molecular flexibility index (Phi) is 1.80. The van der Waals surface area contributed by atoms with Crippen LogP contribution in [0, 0.1) is 5.39 Å². The molecule has 0 radical (unpaired) electrons. The van der Waals surface area contributed by atoms with E-state index in [1.54, 1.807) is 5.43 Å². The SMILES string of the molecule is N#[N+]NC1=NS(=O)(=O)NC(=O)N1. The molecule has 1 aliphatic heterocycles. The van der Waals surface area contributed by atoms with E-state index in [-0.39, 0.29) is 0 Å². The molecule has 1 heterocycles. The van der Waals surface area contributed by atoms with Crippen LogP contribution >= 0.6 is 0 Å². The van der Waals surface area contributed by atoms with E-state index in [2.05, 4.69) is 9.48 Å². The molecule has 0 aromatic rings. The van der Waals surface area contributed by atoms with Crippen molar-refractivity contribution in [2.45, 2.75) is 0 Å². The summed E-state index contributed by atoms with van der Waals surface area (Å²) >= 11 is 0. The lowest BCUT2D eigenvalue weighted by Crippen LogP contribution is -2.50. The summed E-state index contributed by atoms with van der Waals surface area (Å²) in [4.78, 5) is 10.5. The maximum atomic E-state index is 10.6. The van der Waals surface area contributed by atoms with Gasteiger partial charge in [-0.3, -0.25) is 5.32 Å². The topological polar surface area (TPSA) is 128 Å². The molecule has 0 aromatic heterocycles. The van der Waals surface area contributed by atoms with Crippen LogP contribution in [-0.2, 0) is 10.2 Å². The van der Waals surface area contributed by atoms with Crippen molar-refractivity contribution in [1.29, 1.82) is 5.39 Å². The van der Waals surface area contributed by atoms with Gasteiger partial charge in [0.15, 0.2) is 0 Å². The third-order valence-electron chi connectivity index (χ3n) is 0.821. The molecular formula is C2H3N6O3S+. The van der Waals surface area contributed by atoms with E-state index in [4.69, 9.17) is 5.39 Å². The second kappa shape index (κ2) is 2.62.